The molecule has 1 N–H and O–H groups in total. The second-order valence-corrected chi connectivity index (χ2v) is 6.38. The topological polar surface area (TPSA) is 44.8 Å². The number of nitrogens with one attached hydrogen (secondary N) is 1. The van der Waals surface area contributed by atoms with Crippen LogP contribution in [0.25, 0.3) is 0 Å². The number of hydrogen-bond acceptors (Lipinski definition) is 3. The number of ether oxygens (including phenoxy) is 1. The Morgan fingerprint density at radius 1 is 1.35 bits per heavy atom. The highest BCUT2D eigenvalue weighted by molar-refractivity contribution is 5.90. The largest absolute Gasteiger partial charge is 0.379 e. The molecule has 2 aliphatic heterocycles. The van der Waals surface area contributed by atoms with Gasteiger partial charge in [0, 0.05) is 32.7 Å². The molecule has 126 valence electrons. The average molecular weight is 321 g/mol. The molecule has 0 bridgehead atoms. The van der Waals surface area contributed by atoms with Crippen LogP contribution in [0, 0.1) is 18.7 Å². The molecule has 1 aromatic carbocycles. The van der Waals surface area contributed by atoms with Crippen LogP contribution in [-0.2, 0) is 4.74 Å². The summed E-state index contributed by atoms with van der Waals surface area (Å²) in [5.74, 6) is 0.1000. The van der Waals surface area contributed by atoms with Gasteiger partial charge >= 0.3 is 6.03 Å². The number of carbonyl (C=O) groups excluding carboxylic acids is 1. The van der Waals surface area contributed by atoms with Crippen molar-refractivity contribution in [1.29, 1.82) is 0 Å². The number of anilines is 1. The number of urea groups is 1. The van der Waals surface area contributed by atoms with Crippen LogP contribution in [0.15, 0.2) is 18.2 Å². The molecule has 2 amide bonds. The fraction of sp³-hybridized carbons (Fsp3) is 0.588. The molecule has 2 saturated heterocycles. The van der Waals surface area contributed by atoms with Crippen molar-refractivity contribution < 1.29 is 13.9 Å². The molecule has 0 aliphatic carbocycles. The molecule has 1 aromatic rings. The van der Waals surface area contributed by atoms with Crippen LogP contribution in [-0.4, -0.2) is 61.8 Å². The van der Waals surface area contributed by atoms with E-state index in [-0.39, 0.29) is 17.5 Å². The lowest BCUT2D eigenvalue weighted by atomic mass is 10.1. The molecule has 2 fully saturated rings. The zero-order valence-electron chi connectivity index (χ0n) is 13.6. The van der Waals surface area contributed by atoms with Crippen LogP contribution in [0.5, 0.6) is 0 Å². The molecule has 2 aliphatic rings. The van der Waals surface area contributed by atoms with E-state index >= 15 is 0 Å². The number of benzene rings is 1. The Balaban J connectivity index is 1.53. The predicted molar refractivity (Wildman–Crippen MR) is 87.1 cm³/mol. The van der Waals surface area contributed by atoms with E-state index in [2.05, 4.69) is 10.2 Å². The van der Waals surface area contributed by atoms with Gasteiger partial charge in [0.05, 0.1) is 18.9 Å². The van der Waals surface area contributed by atoms with E-state index in [1.54, 1.807) is 24.0 Å². The minimum Gasteiger partial charge on any atom is -0.379 e. The Kier molecular flexibility index (Phi) is 5.13. The third-order valence-electron chi connectivity index (χ3n) is 4.65. The Morgan fingerprint density at radius 2 is 2.13 bits per heavy atom. The first-order valence-electron chi connectivity index (χ1n) is 8.24. The van der Waals surface area contributed by atoms with Crippen molar-refractivity contribution >= 4 is 11.7 Å². The first kappa shape index (κ1) is 16.2. The molecule has 0 radical (unpaired) electrons. The maximum atomic E-state index is 13.8. The normalized spacial score (nSPS) is 22.3. The van der Waals surface area contributed by atoms with Crippen molar-refractivity contribution in [2.75, 3.05) is 51.3 Å². The first-order valence-corrected chi connectivity index (χ1v) is 8.24. The van der Waals surface area contributed by atoms with E-state index in [9.17, 15) is 9.18 Å². The van der Waals surface area contributed by atoms with Gasteiger partial charge in [0.1, 0.15) is 5.82 Å². The highest BCUT2D eigenvalue weighted by atomic mass is 19.1. The van der Waals surface area contributed by atoms with Crippen molar-refractivity contribution in [2.45, 2.75) is 13.3 Å². The molecule has 6 heteroatoms. The van der Waals surface area contributed by atoms with Gasteiger partial charge < -0.3 is 15.0 Å². The highest BCUT2D eigenvalue weighted by Crippen LogP contribution is 2.22. The zero-order chi connectivity index (χ0) is 16.2. The molecule has 1 unspecified atom stereocenters. The van der Waals surface area contributed by atoms with Crippen LogP contribution < -0.4 is 5.32 Å². The lowest BCUT2D eigenvalue weighted by molar-refractivity contribution is 0.0314. The summed E-state index contributed by atoms with van der Waals surface area (Å²) in [6, 6.07) is 4.61. The summed E-state index contributed by atoms with van der Waals surface area (Å²) in [5, 5.41) is 2.72. The molecule has 0 spiro atoms. The molecule has 0 aromatic heterocycles. The van der Waals surface area contributed by atoms with Crippen LogP contribution in [0.1, 0.15) is 12.0 Å². The lowest BCUT2D eigenvalue weighted by Gasteiger charge is -2.29. The van der Waals surface area contributed by atoms with Gasteiger partial charge in [-0.05, 0) is 30.9 Å². The number of likely N-dealkylation sites (tertiary alicyclic amines) is 1. The van der Waals surface area contributed by atoms with Gasteiger partial charge in [-0.2, -0.15) is 0 Å². The number of carbonyl (C=O) groups is 1. The maximum Gasteiger partial charge on any atom is 0.321 e. The summed E-state index contributed by atoms with van der Waals surface area (Å²) < 4.78 is 19.2. The number of amides is 2. The van der Waals surface area contributed by atoms with E-state index in [1.165, 1.54) is 6.07 Å². The van der Waals surface area contributed by atoms with E-state index in [4.69, 9.17) is 4.74 Å². The van der Waals surface area contributed by atoms with Gasteiger partial charge in [0.15, 0.2) is 0 Å². The number of halogens is 1. The molecule has 5 nitrogen and oxygen atoms in total. The van der Waals surface area contributed by atoms with Crippen molar-refractivity contribution in [3.05, 3.63) is 29.6 Å². The second kappa shape index (κ2) is 7.27. The predicted octanol–water partition coefficient (Wildman–Crippen LogP) is 2.32. The SMILES string of the molecule is Cc1cccc(F)c1NC(=O)N1CCC(CN2CCOCC2)C1. The van der Waals surface area contributed by atoms with Gasteiger partial charge in [-0.25, -0.2) is 9.18 Å². The number of nitrogens with zero attached hydrogens (tertiary/aromatic N) is 2. The van der Waals surface area contributed by atoms with Gasteiger partial charge in [0.25, 0.3) is 0 Å². The number of rotatable bonds is 3. The standard InChI is InChI=1S/C17H24FN3O2/c1-13-3-2-4-15(18)16(13)19-17(22)21-6-5-14(12-21)11-20-7-9-23-10-8-20/h2-4,14H,5-12H2,1H3,(H,19,22). The van der Waals surface area contributed by atoms with Gasteiger partial charge in [-0.3, -0.25) is 4.90 Å². The maximum absolute atomic E-state index is 13.8. The smallest absolute Gasteiger partial charge is 0.321 e. The number of hydrogen-bond donors (Lipinski definition) is 1. The minimum atomic E-state index is -0.387. The van der Waals surface area contributed by atoms with E-state index in [0.29, 0.717) is 5.92 Å². The molecule has 3 rings (SSSR count). The minimum absolute atomic E-state index is 0.206. The van der Waals surface area contributed by atoms with Crippen molar-refractivity contribution in [3.8, 4) is 0 Å². The summed E-state index contributed by atoms with van der Waals surface area (Å²) in [6.45, 7) is 7.79. The monoisotopic (exact) mass is 321 g/mol. The van der Waals surface area contributed by atoms with E-state index in [0.717, 1.165) is 57.9 Å². The zero-order valence-corrected chi connectivity index (χ0v) is 13.6. The van der Waals surface area contributed by atoms with Gasteiger partial charge in [0.2, 0.25) is 0 Å². The van der Waals surface area contributed by atoms with Crippen molar-refractivity contribution in [1.82, 2.24) is 9.80 Å². The van der Waals surface area contributed by atoms with Crippen LogP contribution in [0.3, 0.4) is 0 Å². The fourth-order valence-corrected chi connectivity index (χ4v) is 3.29. The summed E-state index contributed by atoms with van der Waals surface area (Å²) in [4.78, 5) is 16.6. The molecule has 23 heavy (non-hydrogen) atoms. The van der Waals surface area contributed by atoms with Crippen molar-refractivity contribution in [2.24, 2.45) is 5.92 Å². The average Bonchev–Trinajstić information content (AvgIpc) is 3.00. The quantitative estimate of drug-likeness (QED) is 0.929. The van der Waals surface area contributed by atoms with Crippen LogP contribution in [0.4, 0.5) is 14.9 Å². The highest BCUT2D eigenvalue weighted by Gasteiger charge is 2.28. The first-order chi connectivity index (χ1) is 11.1. The summed E-state index contributed by atoms with van der Waals surface area (Å²) in [7, 11) is 0. The number of aryl methyl sites for hydroxylation is 1. The Morgan fingerprint density at radius 3 is 2.87 bits per heavy atom. The van der Waals surface area contributed by atoms with Gasteiger partial charge in [-0.15, -0.1) is 0 Å². The molecule has 2 heterocycles. The van der Waals surface area contributed by atoms with Gasteiger partial charge in [-0.1, -0.05) is 12.1 Å². The third-order valence-corrected chi connectivity index (χ3v) is 4.65. The summed E-state index contributed by atoms with van der Waals surface area (Å²) in [6.07, 6.45) is 1.00. The molecular weight excluding hydrogens is 297 g/mol. The molecule has 0 saturated carbocycles. The second-order valence-electron chi connectivity index (χ2n) is 6.38. The van der Waals surface area contributed by atoms with E-state index in [1.807, 2.05) is 0 Å². The summed E-state index contributed by atoms with van der Waals surface area (Å²) in [5.41, 5.74) is 1.02. The van der Waals surface area contributed by atoms with Crippen LogP contribution in [0.2, 0.25) is 0 Å². The van der Waals surface area contributed by atoms with Crippen LogP contribution >= 0.6 is 0 Å². The summed E-state index contributed by atoms with van der Waals surface area (Å²) >= 11 is 0. The third kappa shape index (κ3) is 4.00. The molecule has 1 atom stereocenters. The Labute approximate surface area is 136 Å². The fourth-order valence-electron chi connectivity index (χ4n) is 3.29. The Bertz CT molecular complexity index is 541. The number of para-hydroxylation sites is 1. The number of morpholine rings is 1. The Hall–Kier alpha value is -1.66. The van der Waals surface area contributed by atoms with E-state index < -0.39 is 0 Å². The molecular formula is C17H24FN3O2. The lowest BCUT2D eigenvalue weighted by Crippen LogP contribution is -2.40. The van der Waals surface area contributed by atoms with Crippen molar-refractivity contribution in [3.63, 3.8) is 0 Å².